The highest BCUT2D eigenvalue weighted by Gasteiger charge is 2.30. The van der Waals surface area contributed by atoms with Crippen LogP contribution in [-0.2, 0) is 11.3 Å². The van der Waals surface area contributed by atoms with Crippen molar-refractivity contribution in [2.24, 2.45) is 0 Å². The van der Waals surface area contributed by atoms with E-state index in [0.717, 1.165) is 39.7 Å². The lowest BCUT2D eigenvalue weighted by Crippen LogP contribution is -2.15. The number of hydrogen-bond acceptors (Lipinski definition) is 5. The fourth-order valence-electron chi connectivity index (χ4n) is 2.65. The first-order chi connectivity index (χ1) is 12.7. The molecule has 1 fully saturated rings. The van der Waals surface area contributed by atoms with Crippen LogP contribution in [0.3, 0.4) is 0 Å². The third kappa shape index (κ3) is 4.19. The van der Waals surface area contributed by atoms with E-state index < -0.39 is 0 Å². The molecule has 0 atom stereocenters. The standard InChI is InChI=1S/C18H17BrN4O2S/c19-13-3-1-4-14(9-13)20-16(24)11-26-18-22-21-17(12-6-7-12)23(18)10-15-5-2-8-25-15/h1-5,8-9,12H,6-7,10-11H2,(H,20,24). The van der Waals surface area contributed by atoms with Crippen LogP contribution < -0.4 is 5.32 Å². The Bertz CT molecular complexity index is 906. The normalized spacial score (nSPS) is 13.7. The first-order valence-corrected chi connectivity index (χ1v) is 10.1. The van der Waals surface area contributed by atoms with Gasteiger partial charge >= 0.3 is 0 Å². The van der Waals surface area contributed by atoms with E-state index in [1.807, 2.05) is 36.4 Å². The number of anilines is 1. The van der Waals surface area contributed by atoms with Gasteiger partial charge in [-0.05, 0) is 43.2 Å². The van der Waals surface area contributed by atoms with Gasteiger partial charge in [-0.25, -0.2) is 0 Å². The molecule has 134 valence electrons. The molecule has 0 bridgehead atoms. The molecule has 6 nitrogen and oxygen atoms in total. The maximum absolute atomic E-state index is 12.3. The van der Waals surface area contributed by atoms with Gasteiger partial charge in [-0.2, -0.15) is 0 Å². The van der Waals surface area contributed by atoms with Crippen LogP contribution in [0.5, 0.6) is 0 Å². The summed E-state index contributed by atoms with van der Waals surface area (Å²) in [7, 11) is 0. The molecule has 1 N–H and O–H groups in total. The van der Waals surface area contributed by atoms with Crippen LogP contribution in [0.15, 0.2) is 56.7 Å². The number of aromatic nitrogens is 3. The van der Waals surface area contributed by atoms with E-state index in [-0.39, 0.29) is 11.7 Å². The molecule has 1 aliphatic rings. The summed E-state index contributed by atoms with van der Waals surface area (Å²) < 4.78 is 8.45. The minimum atomic E-state index is -0.0754. The van der Waals surface area contributed by atoms with Gasteiger partial charge in [0.05, 0.1) is 18.6 Å². The van der Waals surface area contributed by atoms with Gasteiger partial charge in [-0.1, -0.05) is 33.8 Å². The molecular weight excluding hydrogens is 416 g/mol. The fraction of sp³-hybridized carbons (Fsp3) is 0.278. The van der Waals surface area contributed by atoms with E-state index in [4.69, 9.17) is 4.42 Å². The van der Waals surface area contributed by atoms with Gasteiger partial charge in [0, 0.05) is 16.1 Å². The lowest BCUT2D eigenvalue weighted by Gasteiger charge is -2.08. The monoisotopic (exact) mass is 432 g/mol. The largest absolute Gasteiger partial charge is 0.467 e. The Kier molecular flexibility index (Phi) is 5.12. The summed E-state index contributed by atoms with van der Waals surface area (Å²) in [5, 5.41) is 12.3. The van der Waals surface area contributed by atoms with Crippen molar-refractivity contribution in [3.8, 4) is 0 Å². The molecule has 0 aliphatic heterocycles. The number of hydrogen-bond donors (Lipinski definition) is 1. The number of benzene rings is 1. The Labute approximate surface area is 163 Å². The summed E-state index contributed by atoms with van der Waals surface area (Å²) in [6.07, 6.45) is 3.95. The van der Waals surface area contributed by atoms with E-state index in [2.05, 4.69) is 36.0 Å². The highest BCUT2D eigenvalue weighted by Crippen LogP contribution is 2.40. The predicted molar refractivity (Wildman–Crippen MR) is 103 cm³/mol. The summed E-state index contributed by atoms with van der Waals surface area (Å²) in [6.45, 7) is 0.585. The van der Waals surface area contributed by atoms with Crippen molar-refractivity contribution in [3.05, 3.63) is 58.7 Å². The topological polar surface area (TPSA) is 73.0 Å². The molecule has 0 saturated heterocycles. The zero-order valence-electron chi connectivity index (χ0n) is 13.9. The van der Waals surface area contributed by atoms with Gasteiger partial charge < -0.3 is 9.73 Å². The van der Waals surface area contributed by atoms with Gasteiger partial charge in [0.25, 0.3) is 0 Å². The zero-order valence-corrected chi connectivity index (χ0v) is 16.3. The second-order valence-electron chi connectivity index (χ2n) is 6.13. The number of furan rings is 1. The fourth-order valence-corrected chi connectivity index (χ4v) is 3.79. The predicted octanol–water partition coefficient (Wildman–Crippen LogP) is 4.29. The zero-order chi connectivity index (χ0) is 17.9. The van der Waals surface area contributed by atoms with Crippen LogP contribution in [0.1, 0.15) is 30.3 Å². The Hall–Kier alpha value is -2.06. The minimum absolute atomic E-state index is 0.0754. The molecule has 0 spiro atoms. The second-order valence-corrected chi connectivity index (χ2v) is 7.99. The molecule has 3 aromatic rings. The van der Waals surface area contributed by atoms with Gasteiger partial charge in [0.2, 0.25) is 5.91 Å². The molecule has 1 saturated carbocycles. The quantitative estimate of drug-likeness (QED) is 0.563. The van der Waals surface area contributed by atoms with Gasteiger partial charge in [0.1, 0.15) is 11.6 Å². The van der Waals surface area contributed by atoms with Crippen molar-refractivity contribution in [1.29, 1.82) is 0 Å². The smallest absolute Gasteiger partial charge is 0.234 e. The number of thioether (sulfide) groups is 1. The number of nitrogens with zero attached hydrogens (tertiary/aromatic N) is 3. The first kappa shape index (κ1) is 17.4. The number of nitrogens with one attached hydrogen (secondary N) is 1. The molecule has 26 heavy (non-hydrogen) atoms. The minimum Gasteiger partial charge on any atom is -0.467 e. The van der Waals surface area contributed by atoms with E-state index in [9.17, 15) is 4.79 Å². The molecule has 4 rings (SSSR count). The summed E-state index contributed by atoms with van der Waals surface area (Å²) in [5.74, 6) is 2.51. The molecule has 1 aliphatic carbocycles. The SMILES string of the molecule is O=C(CSc1nnc(C2CC2)n1Cc1ccco1)Nc1cccc(Br)c1. The van der Waals surface area contributed by atoms with Crippen molar-refractivity contribution in [1.82, 2.24) is 14.8 Å². The number of carbonyl (C=O) groups is 1. The van der Waals surface area contributed by atoms with Gasteiger partial charge in [-0.15, -0.1) is 10.2 Å². The molecule has 2 aromatic heterocycles. The Morgan fingerprint density at radius 2 is 2.19 bits per heavy atom. The van der Waals surface area contributed by atoms with Crippen molar-refractivity contribution in [2.75, 3.05) is 11.1 Å². The van der Waals surface area contributed by atoms with Crippen LogP contribution in [-0.4, -0.2) is 26.4 Å². The molecule has 0 radical (unpaired) electrons. The van der Waals surface area contributed by atoms with Crippen LogP contribution in [0.4, 0.5) is 5.69 Å². The Morgan fingerprint density at radius 1 is 1.31 bits per heavy atom. The van der Waals surface area contributed by atoms with E-state index in [1.165, 1.54) is 11.8 Å². The summed E-state index contributed by atoms with van der Waals surface area (Å²) >= 11 is 4.79. The Morgan fingerprint density at radius 3 is 2.92 bits per heavy atom. The van der Waals surface area contributed by atoms with Crippen LogP contribution in [0, 0.1) is 0 Å². The van der Waals surface area contributed by atoms with Crippen LogP contribution in [0.2, 0.25) is 0 Å². The Balaban J connectivity index is 1.43. The van der Waals surface area contributed by atoms with Crippen molar-refractivity contribution in [2.45, 2.75) is 30.5 Å². The molecule has 2 heterocycles. The third-order valence-electron chi connectivity index (χ3n) is 4.02. The molecule has 8 heteroatoms. The number of rotatable bonds is 7. The summed E-state index contributed by atoms with van der Waals surface area (Å²) in [5.41, 5.74) is 0.765. The van der Waals surface area contributed by atoms with E-state index in [0.29, 0.717) is 12.5 Å². The highest BCUT2D eigenvalue weighted by molar-refractivity contribution is 9.10. The average molecular weight is 433 g/mol. The summed E-state index contributed by atoms with van der Waals surface area (Å²) in [6, 6.07) is 11.3. The van der Waals surface area contributed by atoms with Crippen molar-refractivity contribution >= 4 is 39.3 Å². The number of amides is 1. The van der Waals surface area contributed by atoms with Crippen molar-refractivity contribution < 1.29 is 9.21 Å². The van der Waals surface area contributed by atoms with Gasteiger partial charge in [0.15, 0.2) is 5.16 Å². The van der Waals surface area contributed by atoms with E-state index in [1.54, 1.807) is 6.26 Å². The molecule has 1 amide bonds. The average Bonchev–Trinajstić information content (AvgIpc) is 3.18. The lowest BCUT2D eigenvalue weighted by molar-refractivity contribution is -0.113. The highest BCUT2D eigenvalue weighted by atomic mass is 79.9. The first-order valence-electron chi connectivity index (χ1n) is 8.33. The van der Waals surface area contributed by atoms with Gasteiger partial charge in [-0.3, -0.25) is 9.36 Å². The molecular formula is C18H17BrN4O2S. The van der Waals surface area contributed by atoms with Crippen LogP contribution in [0.25, 0.3) is 0 Å². The third-order valence-corrected chi connectivity index (χ3v) is 5.48. The number of halogens is 1. The number of carbonyl (C=O) groups excluding carboxylic acids is 1. The lowest BCUT2D eigenvalue weighted by atomic mass is 10.3. The maximum Gasteiger partial charge on any atom is 0.234 e. The summed E-state index contributed by atoms with van der Waals surface area (Å²) in [4.78, 5) is 12.3. The second kappa shape index (κ2) is 7.67. The van der Waals surface area contributed by atoms with Crippen LogP contribution >= 0.6 is 27.7 Å². The van der Waals surface area contributed by atoms with Crippen molar-refractivity contribution in [3.63, 3.8) is 0 Å². The molecule has 0 unspecified atom stereocenters. The molecule has 1 aromatic carbocycles. The maximum atomic E-state index is 12.3. The van der Waals surface area contributed by atoms with E-state index >= 15 is 0 Å².